The Bertz CT molecular complexity index is 531. The van der Waals surface area contributed by atoms with Crippen LogP contribution >= 0.6 is 27.5 Å². The van der Waals surface area contributed by atoms with Crippen LogP contribution in [0.1, 0.15) is 5.56 Å². The minimum Gasteiger partial charge on any atom is -0.456 e. The summed E-state index contributed by atoms with van der Waals surface area (Å²) in [4.78, 5) is 0. The number of benzene rings is 2. The summed E-state index contributed by atoms with van der Waals surface area (Å²) in [7, 11) is 0. The van der Waals surface area contributed by atoms with Gasteiger partial charge in [0, 0.05) is 5.56 Å². The van der Waals surface area contributed by atoms with E-state index in [2.05, 4.69) is 15.9 Å². The second kappa shape index (κ2) is 5.52. The van der Waals surface area contributed by atoms with Gasteiger partial charge in [0.15, 0.2) is 0 Å². The Morgan fingerprint density at radius 3 is 2.59 bits per heavy atom. The Morgan fingerprint density at radius 2 is 1.88 bits per heavy atom. The van der Waals surface area contributed by atoms with Gasteiger partial charge in [-0.25, -0.2) is 4.39 Å². The molecule has 0 spiro atoms. The monoisotopic (exact) mass is 314 g/mol. The van der Waals surface area contributed by atoms with Gasteiger partial charge in [-0.3, -0.25) is 0 Å². The summed E-state index contributed by atoms with van der Waals surface area (Å²) in [6.45, 7) is 0. The van der Waals surface area contributed by atoms with E-state index in [1.54, 1.807) is 6.07 Å². The maximum atomic E-state index is 13.0. The van der Waals surface area contributed by atoms with Crippen molar-refractivity contribution in [1.82, 2.24) is 0 Å². The highest BCUT2D eigenvalue weighted by Gasteiger charge is 2.07. The minimum absolute atomic E-state index is 0.206. The molecule has 0 N–H and O–H groups in total. The van der Waals surface area contributed by atoms with E-state index in [0.29, 0.717) is 17.1 Å². The van der Waals surface area contributed by atoms with Crippen molar-refractivity contribution in [2.45, 2.75) is 5.88 Å². The molecule has 2 rings (SSSR count). The summed E-state index contributed by atoms with van der Waals surface area (Å²) in [5, 5.41) is 0. The van der Waals surface area contributed by atoms with Crippen molar-refractivity contribution >= 4 is 27.5 Å². The zero-order chi connectivity index (χ0) is 12.3. The average Bonchev–Trinajstić information content (AvgIpc) is 2.34. The van der Waals surface area contributed by atoms with E-state index in [0.717, 1.165) is 4.47 Å². The third-order valence-electron chi connectivity index (χ3n) is 2.22. The van der Waals surface area contributed by atoms with E-state index in [4.69, 9.17) is 16.3 Å². The van der Waals surface area contributed by atoms with E-state index in [1.807, 2.05) is 24.3 Å². The number of hydrogen-bond acceptors (Lipinski definition) is 1. The molecule has 88 valence electrons. The van der Waals surface area contributed by atoms with Crippen molar-refractivity contribution in [2.24, 2.45) is 0 Å². The van der Waals surface area contributed by atoms with Gasteiger partial charge in [0.05, 0.1) is 10.4 Å². The number of hydrogen-bond donors (Lipinski definition) is 0. The first-order valence-corrected chi connectivity index (χ1v) is 6.30. The molecule has 1 nitrogen and oxygen atoms in total. The molecule has 0 saturated heterocycles. The summed E-state index contributed by atoms with van der Waals surface area (Å²) in [5.74, 6) is 1.12. The maximum Gasteiger partial charge on any atom is 0.141 e. The van der Waals surface area contributed by atoms with Gasteiger partial charge in [-0.05, 0) is 46.3 Å². The van der Waals surface area contributed by atoms with Gasteiger partial charge in [-0.15, -0.1) is 11.6 Å². The van der Waals surface area contributed by atoms with Crippen molar-refractivity contribution in [3.8, 4) is 11.5 Å². The smallest absolute Gasteiger partial charge is 0.141 e. The first-order valence-electron chi connectivity index (χ1n) is 4.97. The Balaban J connectivity index is 2.33. The lowest BCUT2D eigenvalue weighted by atomic mass is 10.2. The van der Waals surface area contributed by atoms with Crippen LogP contribution in [0.25, 0.3) is 0 Å². The third kappa shape index (κ3) is 2.99. The van der Waals surface area contributed by atoms with Crippen molar-refractivity contribution in [3.63, 3.8) is 0 Å². The quantitative estimate of drug-likeness (QED) is 0.714. The molecule has 0 heterocycles. The predicted molar refractivity (Wildman–Crippen MR) is 70.2 cm³/mol. The summed E-state index contributed by atoms with van der Waals surface area (Å²) < 4.78 is 19.6. The molecule has 0 saturated carbocycles. The molecular weight excluding hydrogens is 306 g/mol. The maximum absolute atomic E-state index is 13.0. The Kier molecular flexibility index (Phi) is 4.02. The number of para-hydroxylation sites is 1. The predicted octanol–water partition coefficient (Wildman–Crippen LogP) is 5.12. The van der Waals surface area contributed by atoms with Gasteiger partial charge in [-0.1, -0.05) is 12.1 Å². The Labute approximate surface area is 112 Å². The fourth-order valence-electron chi connectivity index (χ4n) is 1.40. The molecule has 0 radical (unpaired) electrons. The van der Waals surface area contributed by atoms with Crippen molar-refractivity contribution < 1.29 is 9.13 Å². The molecule has 0 bridgehead atoms. The molecule has 17 heavy (non-hydrogen) atoms. The van der Waals surface area contributed by atoms with Crippen LogP contribution in [-0.2, 0) is 5.88 Å². The SMILES string of the molecule is Fc1ccc(Oc2ccccc2Br)c(CCl)c1. The van der Waals surface area contributed by atoms with E-state index >= 15 is 0 Å². The largest absolute Gasteiger partial charge is 0.456 e. The van der Waals surface area contributed by atoms with Gasteiger partial charge in [0.25, 0.3) is 0 Å². The van der Waals surface area contributed by atoms with E-state index < -0.39 is 0 Å². The molecule has 0 aromatic heterocycles. The molecule has 0 aliphatic heterocycles. The highest BCUT2D eigenvalue weighted by atomic mass is 79.9. The Hall–Kier alpha value is -1.06. The topological polar surface area (TPSA) is 9.23 Å². The van der Waals surface area contributed by atoms with Crippen molar-refractivity contribution in [3.05, 3.63) is 58.3 Å². The van der Waals surface area contributed by atoms with Gasteiger partial charge < -0.3 is 4.74 Å². The summed E-state index contributed by atoms with van der Waals surface area (Å²) in [5.41, 5.74) is 0.627. The molecule has 4 heteroatoms. The van der Waals surface area contributed by atoms with E-state index in [1.165, 1.54) is 12.1 Å². The van der Waals surface area contributed by atoms with Crippen LogP contribution in [-0.4, -0.2) is 0 Å². The number of alkyl halides is 1. The summed E-state index contributed by atoms with van der Waals surface area (Å²) in [6, 6.07) is 11.8. The van der Waals surface area contributed by atoms with Crippen LogP contribution in [0, 0.1) is 5.82 Å². The molecule has 2 aromatic carbocycles. The first-order chi connectivity index (χ1) is 8.20. The van der Waals surface area contributed by atoms with Crippen molar-refractivity contribution in [2.75, 3.05) is 0 Å². The standard InChI is InChI=1S/C13H9BrClFO/c14-11-3-1-2-4-13(11)17-12-6-5-10(16)7-9(12)8-15/h1-7H,8H2. The Morgan fingerprint density at radius 1 is 1.12 bits per heavy atom. The van der Waals surface area contributed by atoms with Gasteiger partial charge in [-0.2, -0.15) is 0 Å². The van der Waals surface area contributed by atoms with Gasteiger partial charge in [0.2, 0.25) is 0 Å². The number of halogens is 3. The molecule has 0 fully saturated rings. The lowest BCUT2D eigenvalue weighted by Crippen LogP contribution is -1.91. The zero-order valence-electron chi connectivity index (χ0n) is 8.79. The average molecular weight is 316 g/mol. The fourth-order valence-corrected chi connectivity index (χ4v) is 1.97. The first kappa shape index (κ1) is 12.4. The molecule has 0 atom stereocenters. The summed E-state index contributed by atoms with van der Waals surface area (Å²) in [6.07, 6.45) is 0. The van der Waals surface area contributed by atoms with Crippen LogP contribution in [0.2, 0.25) is 0 Å². The number of ether oxygens (including phenoxy) is 1. The van der Waals surface area contributed by atoms with Crippen LogP contribution in [0.3, 0.4) is 0 Å². The molecule has 2 aromatic rings. The van der Waals surface area contributed by atoms with E-state index in [9.17, 15) is 4.39 Å². The second-order valence-electron chi connectivity index (χ2n) is 3.42. The minimum atomic E-state index is -0.319. The van der Waals surface area contributed by atoms with Crippen LogP contribution in [0.4, 0.5) is 4.39 Å². The lowest BCUT2D eigenvalue weighted by Gasteiger charge is -2.10. The summed E-state index contributed by atoms with van der Waals surface area (Å²) >= 11 is 9.13. The highest BCUT2D eigenvalue weighted by Crippen LogP contribution is 2.32. The van der Waals surface area contributed by atoms with E-state index in [-0.39, 0.29) is 11.7 Å². The highest BCUT2D eigenvalue weighted by molar-refractivity contribution is 9.10. The molecule has 0 amide bonds. The third-order valence-corrected chi connectivity index (χ3v) is 3.17. The van der Waals surface area contributed by atoms with Gasteiger partial charge >= 0.3 is 0 Å². The molecule has 0 aliphatic carbocycles. The number of rotatable bonds is 3. The zero-order valence-corrected chi connectivity index (χ0v) is 11.1. The van der Waals surface area contributed by atoms with Crippen LogP contribution in [0.15, 0.2) is 46.9 Å². The molecule has 0 aliphatic rings. The normalized spacial score (nSPS) is 10.3. The van der Waals surface area contributed by atoms with Crippen molar-refractivity contribution in [1.29, 1.82) is 0 Å². The van der Waals surface area contributed by atoms with Gasteiger partial charge in [0.1, 0.15) is 17.3 Å². The molecular formula is C13H9BrClFO. The van der Waals surface area contributed by atoms with Crippen LogP contribution in [0.5, 0.6) is 11.5 Å². The van der Waals surface area contributed by atoms with Crippen LogP contribution < -0.4 is 4.74 Å². The fraction of sp³-hybridized carbons (Fsp3) is 0.0769. The molecule has 0 unspecified atom stereocenters. The lowest BCUT2D eigenvalue weighted by molar-refractivity contribution is 0.473. The second-order valence-corrected chi connectivity index (χ2v) is 4.54.